The second kappa shape index (κ2) is 8.49. The van der Waals surface area contributed by atoms with E-state index in [2.05, 4.69) is 31.9 Å². The Kier molecular flexibility index (Phi) is 5.50. The number of phenols is 1. The highest BCUT2D eigenvalue weighted by atomic mass is 79.9. The number of benzene rings is 2. The van der Waals surface area contributed by atoms with E-state index in [0.717, 1.165) is 15.6 Å². The lowest BCUT2D eigenvalue weighted by Crippen LogP contribution is -2.39. The van der Waals surface area contributed by atoms with E-state index < -0.39 is 23.7 Å². The van der Waals surface area contributed by atoms with Gasteiger partial charge in [-0.05, 0) is 76.7 Å². The Balaban J connectivity index is 1.48. The van der Waals surface area contributed by atoms with Crippen LogP contribution in [0.1, 0.15) is 24.3 Å². The predicted molar refractivity (Wildman–Crippen MR) is 139 cm³/mol. The summed E-state index contributed by atoms with van der Waals surface area (Å²) in [5.74, 6) is -3.01. The van der Waals surface area contributed by atoms with Gasteiger partial charge < -0.3 is 5.11 Å². The number of hydrogen-bond donors (Lipinski definition) is 1. The van der Waals surface area contributed by atoms with Gasteiger partial charge in [-0.25, -0.2) is 0 Å². The largest absolute Gasteiger partial charge is 0.508 e. The average molecular weight is 609 g/mol. The molecule has 6 rings (SSSR count). The van der Waals surface area contributed by atoms with Gasteiger partial charge in [-0.2, -0.15) is 0 Å². The molecule has 0 spiro atoms. The van der Waals surface area contributed by atoms with Crippen LogP contribution in [0.2, 0.25) is 0 Å². The minimum Gasteiger partial charge on any atom is -0.508 e. The molecular weight excluding hydrogens is 590 g/mol. The normalized spacial score (nSPS) is 27.4. The highest BCUT2D eigenvalue weighted by Gasteiger charge is 2.56. The van der Waals surface area contributed by atoms with Crippen LogP contribution in [0.25, 0.3) is 0 Å². The van der Waals surface area contributed by atoms with Gasteiger partial charge in [0.2, 0.25) is 11.8 Å². The van der Waals surface area contributed by atoms with Crippen molar-refractivity contribution in [3.63, 3.8) is 0 Å². The third-order valence-electron chi connectivity index (χ3n) is 7.64. The minimum atomic E-state index is -0.623. The molecule has 180 valence electrons. The first kappa shape index (κ1) is 23.3. The van der Waals surface area contributed by atoms with E-state index in [1.807, 2.05) is 6.08 Å². The first-order valence-corrected chi connectivity index (χ1v) is 13.2. The van der Waals surface area contributed by atoms with Gasteiger partial charge in [-0.15, -0.1) is 0 Å². The number of rotatable bonds is 2. The van der Waals surface area contributed by atoms with Crippen LogP contribution in [0.5, 0.6) is 5.75 Å². The van der Waals surface area contributed by atoms with E-state index in [1.165, 1.54) is 11.0 Å². The van der Waals surface area contributed by atoms with Crippen LogP contribution in [0.4, 0.5) is 5.69 Å². The van der Waals surface area contributed by atoms with Crippen LogP contribution in [0.15, 0.2) is 86.4 Å². The summed E-state index contributed by atoms with van der Waals surface area (Å²) in [4.78, 5) is 54.9. The maximum atomic E-state index is 13.8. The van der Waals surface area contributed by atoms with E-state index in [1.54, 1.807) is 48.5 Å². The fraction of sp³-hybridized carbons (Fsp3) is 0.214. The van der Waals surface area contributed by atoms with Crippen molar-refractivity contribution in [1.82, 2.24) is 0 Å². The molecule has 0 unspecified atom stereocenters. The predicted octanol–water partition coefficient (Wildman–Crippen LogP) is 5.12. The monoisotopic (exact) mass is 607 g/mol. The molecule has 0 aromatic heterocycles. The molecule has 4 atom stereocenters. The molecule has 2 aromatic carbocycles. The molecule has 1 N–H and O–H groups in total. The Bertz CT molecular complexity index is 1450. The Morgan fingerprint density at radius 3 is 2.25 bits per heavy atom. The van der Waals surface area contributed by atoms with E-state index in [-0.39, 0.29) is 40.0 Å². The standard InChI is InChI=1S/C28H19Br2NO5/c29-14-3-5-15(6-4-14)31-27(35)18-10-9-17-19(24(18)28(31)36)11-20-25(22(33)12-21(30)26(20)34)23(17)13-1-7-16(32)8-2-13/h1-9,12,18-19,23-24,32H,10-11H2/t18-,19+,23-,24-/m0/s1. The fourth-order valence-corrected chi connectivity index (χ4v) is 6.81. The third-order valence-corrected chi connectivity index (χ3v) is 8.76. The molecule has 6 nitrogen and oxygen atoms in total. The van der Waals surface area contributed by atoms with Gasteiger partial charge in [0.25, 0.3) is 0 Å². The van der Waals surface area contributed by atoms with Gasteiger partial charge in [0, 0.05) is 27.6 Å². The number of halogens is 2. The van der Waals surface area contributed by atoms with Crippen molar-refractivity contribution in [3.8, 4) is 5.75 Å². The summed E-state index contributed by atoms with van der Waals surface area (Å²) < 4.78 is 1.04. The van der Waals surface area contributed by atoms with Gasteiger partial charge in [-0.3, -0.25) is 24.1 Å². The number of anilines is 1. The molecule has 1 aliphatic heterocycles. The molecule has 3 aliphatic carbocycles. The van der Waals surface area contributed by atoms with Crippen molar-refractivity contribution in [2.45, 2.75) is 18.8 Å². The summed E-state index contributed by atoms with van der Waals surface area (Å²) in [6.45, 7) is 0. The zero-order valence-corrected chi connectivity index (χ0v) is 22.0. The number of amides is 2. The van der Waals surface area contributed by atoms with Crippen molar-refractivity contribution in [2.75, 3.05) is 4.90 Å². The van der Waals surface area contributed by atoms with Crippen LogP contribution in [0.3, 0.4) is 0 Å². The van der Waals surface area contributed by atoms with Crippen LogP contribution < -0.4 is 4.90 Å². The van der Waals surface area contributed by atoms with Crippen LogP contribution in [-0.4, -0.2) is 28.5 Å². The molecule has 36 heavy (non-hydrogen) atoms. The lowest BCUT2D eigenvalue weighted by Gasteiger charge is -2.42. The Labute approximate surface area is 223 Å². The number of nitrogens with zero attached hydrogens (tertiary/aromatic N) is 1. The SMILES string of the molecule is O=C1C=C(Br)C(=O)C2=C1[C@@H](c1ccc(O)cc1)C1=CC[C@@H]3C(=O)N(c4ccc(Br)cc4)C(=O)[C@@H]3[C@@H]1C2. The fourth-order valence-electron chi connectivity index (χ4n) is 6.10. The van der Waals surface area contributed by atoms with E-state index >= 15 is 0 Å². The van der Waals surface area contributed by atoms with Crippen LogP contribution in [0, 0.1) is 17.8 Å². The van der Waals surface area contributed by atoms with Gasteiger partial charge in [0.15, 0.2) is 11.6 Å². The third kappa shape index (κ3) is 3.42. The molecule has 1 fully saturated rings. The number of hydrogen-bond acceptors (Lipinski definition) is 5. The Morgan fingerprint density at radius 1 is 0.861 bits per heavy atom. The zero-order chi connectivity index (χ0) is 25.3. The van der Waals surface area contributed by atoms with Crippen molar-refractivity contribution < 1.29 is 24.3 Å². The van der Waals surface area contributed by atoms with Crippen molar-refractivity contribution in [1.29, 1.82) is 0 Å². The van der Waals surface area contributed by atoms with Gasteiger partial charge in [0.05, 0.1) is 22.0 Å². The number of carbonyl (C=O) groups excluding carboxylic acids is 4. The highest BCUT2D eigenvalue weighted by Crippen LogP contribution is 2.55. The van der Waals surface area contributed by atoms with Gasteiger partial charge in [-0.1, -0.05) is 39.7 Å². The summed E-state index contributed by atoms with van der Waals surface area (Å²) >= 11 is 6.62. The maximum Gasteiger partial charge on any atom is 0.238 e. The number of allylic oxidation sites excluding steroid dienone is 6. The molecule has 2 aromatic rings. The molecule has 1 saturated heterocycles. The van der Waals surface area contributed by atoms with Crippen molar-refractivity contribution >= 4 is 60.9 Å². The first-order chi connectivity index (χ1) is 17.3. The van der Waals surface area contributed by atoms with Crippen molar-refractivity contribution in [3.05, 3.63) is 91.9 Å². The number of Topliss-reactive ketones (excluding diaryl/α,β-unsaturated/α-hetero) is 1. The average Bonchev–Trinajstić information content (AvgIpc) is 3.12. The van der Waals surface area contributed by atoms with E-state index in [0.29, 0.717) is 23.3 Å². The summed E-state index contributed by atoms with van der Waals surface area (Å²) in [5.41, 5.74) is 2.95. The summed E-state index contributed by atoms with van der Waals surface area (Å²) in [6, 6.07) is 13.6. The molecule has 0 saturated carbocycles. The summed E-state index contributed by atoms with van der Waals surface area (Å²) in [5, 5.41) is 9.84. The molecular formula is C28H19Br2NO5. The van der Waals surface area contributed by atoms with Gasteiger partial charge >= 0.3 is 0 Å². The first-order valence-electron chi connectivity index (χ1n) is 11.6. The molecule has 2 amide bonds. The van der Waals surface area contributed by atoms with Crippen LogP contribution >= 0.6 is 31.9 Å². The topological polar surface area (TPSA) is 91.8 Å². The zero-order valence-electron chi connectivity index (χ0n) is 18.8. The maximum absolute atomic E-state index is 13.8. The second-order valence-electron chi connectivity index (χ2n) is 9.47. The quantitative estimate of drug-likeness (QED) is 0.290. The highest BCUT2D eigenvalue weighted by molar-refractivity contribution is 9.12. The second-order valence-corrected chi connectivity index (χ2v) is 11.2. The lowest BCUT2D eigenvalue weighted by atomic mass is 9.59. The Morgan fingerprint density at radius 2 is 1.56 bits per heavy atom. The Hall–Kier alpha value is -3.10. The number of imide groups is 1. The molecule has 1 heterocycles. The lowest BCUT2D eigenvalue weighted by molar-refractivity contribution is -0.123. The number of phenolic OH excluding ortho intramolecular Hbond substituents is 1. The van der Waals surface area contributed by atoms with Crippen molar-refractivity contribution in [2.24, 2.45) is 17.8 Å². The number of ketones is 2. The van der Waals surface area contributed by atoms with Crippen LogP contribution in [-0.2, 0) is 19.2 Å². The van der Waals surface area contributed by atoms with E-state index in [4.69, 9.17) is 0 Å². The number of fused-ring (bicyclic) bond motifs is 3. The number of carbonyl (C=O) groups is 4. The summed E-state index contributed by atoms with van der Waals surface area (Å²) in [6.07, 6.45) is 3.89. The minimum absolute atomic E-state index is 0.0911. The van der Waals surface area contributed by atoms with Gasteiger partial charge in [0.1, 0.15) is 5.75 Å². The molecule has 0 bridgehead atoms. The molecule has 0 radical (unpaired) electrons. The molecule has 4 aliphatic rings. The number of aromatic hydroxyl groups is 1. The molecule has 8 heteroatoms. The van der Waals surface area contributed by atoms with E-state index in [9.17, 15) is 24.3 Å². The summed E-state index contributed by atoms with van der Waals surface area (Å²) in [7, 11) is 0. The smallest absolute Gasteiger partial charge is 0.238 e.